The molecule has 1 aliphatic heterocycles. The fourth-order valence-electron chi connectivity index (χ4n) is 5.91. The Morgan fingerprint density at radius 1 is 0.753 bits per heavy atom. The first-order valence-electron chi connectivity index (χ1n) is 21.0. The normalized spacial score (nSPS) is 13.5. The van der Waals surface area contributed by atoms with Gasteiger partial charge in [-0.1, -0.05) is 54.2 Å². The molecule has 2 heterocycles. The fraction of sp³-hybridized carbons (Fsp3) is 0.500. The summed E-state index contributed by atoms with van der Waals surface area (Å²) >= 11 is 13.1. The molecule has 73 heavy (non-hydrogen) atoms. The molecule has 1 aromatic heterocycles. The molecular weight excluding hydrogens is 1070 g/mol. The van der Waals surface area contributed by atoms with Crippen LogP contribution in [0.1, 0.15) is 64.6 Å². The summed E-state index contributed by atoms with van der Waals surface area (Å²) in [4.78, 5) is 66.1. The fourth-order valence-corrected chi connectivity index (χ4v) is 8.17. The zero-order chi connectivity index (χ0) is 56.5. The number of guanidine groups is 1. The Balaban J connectivity index is 0.00000106. The molecule has 1 aliphatic rings. The van der Waals surface area contributed by atoms with Gasteiger partial charge < -0.3 is 41.7 Å². The van der Waals surface area contributed by atoms with Crippen molar-refractivity contribution in [1.29, 1.82) is 0 Å². The number of piperazine rings is 1. The van der Waals surface area contributed by atoms with E-state index in [0.717, 1.165) is 56.4 Å². The van der Waals surface area contributed by atoms with Crippen LogP contribution in [0.3, 0.4) is 0 Å². The van der Waals surface area contributed by atoms with Gasteiger partial charge in [0.25, 0.3) is 0 Å². The van der Waals surface area contributed by atoms with Crippen LogP contribution in [0.4, 0.5) is 39.5 Å². The molecule has 2 aromatic carbocycles. The van der Waals surface area contributed by atoms with Gasteiger partial charge in [-0.15, -0.1) is 0 Å². The molecule has 0 bridgehead atoms. The van der Waals surface area contributed by atoms with Crippen LogP contribution in [-0.4, -0.2) is 143 Å². The van der Waals surface area contributed by atoms with Crippen molar-refractivity contribution in [3.63, 3.8) is 0 Å². The SMILES string of the molecule is Cc1ccc2cccc(OCc3c(Cl)ccc(S(=O)(=O)NC(C)(C)C(=O)NC(C)(C)C(=O)N4CCN(CCCCCCN=C(N)N)CC4)c3Cl)c2n1.O=C(O)C(F)(F)F.O=C(O)C(F)(F)F.O=C(O)C(F)(F)F. The summed E-state index contributed by atoms with van der Waals surface area (Å²) in [7, 11) is -4.36. The Morgan fingerprint density at radius 2 is 1.26 bits per heavy atom. The quantitative estimate of drug-likeness (QED) is 0.0361. The number of fused-ring (bicyclic) bond motifs is 1. The molecule has 0 spiro atoms. The maximum Gasteiger partial charge on any atom is 0.490 e. The van der Waals surface area contributed by atoms with Gasteiger partial charge in [-0.3, -0.25) is 19.5 Å². The van der Waals surface area contributed by atoms with E-state index in [0.29, 0.717) is 30.9 Å². The number of carboxylic acids is 3. The molecule has 1 fully saturated rings. The number of carbonyl (C=O) groups excluding carboxylic acids is 2. The summed E-state index contributed by atoms with van der Waals surface area (Å²) in [5.41, 5.74) is 9.47. The summed E-state index contributed by atoms with van der Waals surface area (Å²) in [5, 5.41) is 25.1. The number of nitrogens with zero attached hydrogens (tertiary/aromatic N) is 4. The van der Waals surface area contributed by atoms with Crippen molar-refractivity contribution in [2.45, 2.75) is 101 Å². The summed E-state index contributed by atoms with van der Waals surface area (Å²) in [6, 6.07) is 12.0. The first-order valence-corrected chi connectivity index (χ1v) is 23.3. The van der Waals surface area contributed by atoms with Gasteiger partial charge >= 0.3 is 36.4 Å². The second-order valence-corrected chi connectivity index (χ2v) is 18.9. The van der Waals surface area contributed by atoms with Crippen LogP contribution in [0.25, 0.3) is 10.9 Å². The molecule has 1 saturated heterocycles. The molecule has 0 unspecified atom stereocenters. The minimum Gasteiger partial charge on any atom is -0.487 e. The smallest absolute Gasteiger partial charge is 0.487 e. The monoisotopic (exact) mass is 1120 g/mol. The third kappa shape index (κ3) is 22.4. The highest BCUT2D eigenvalue weighted by Crippen LogP contribution is 2.34. The van der Waals surface area contributed by atoms with E-state index in [2.05, 4.69) is 24.9 Å². The number of aryl methyl sites for hydroxylation is 1. The van der Waals surface area contributed by atoms with Gasteiger partial charge in [0.15, 0.2) is 5.96 Å². The number of benzene rings is 2. The molecule has 0 atom stereocenters. The minimum atomic E-state index is -5.08. The molecule has 0 aliphatic carbocycles. The number of ether oxygens (including phenoxy) is 1. The van der Waals surface area contributed by atoms with E-state index in [1.54, 1.807) is 24.8 Å². The van der Waals surface area contributed by atoms with Gasteiger partial charge in [-0.2, -0.15) is 44.2 Å². The van der Waals surface area contributed by atoms with Gasteiger partial charge in [0, 0.05) is 54.4 Å². The third-order valence-corrected chi connectivity index (χ3v) is 12.2. The van der Waals surface area contributed by atoms with Gasteiger partial charge in [0.05, 0.1) is 5.02 Å². The van der Waals surface area contributed by atoms with Gasteiger partial charge in [0.1, 0.15) is 33.8 Å². The van der Waals surface area contributed by atoms with E-state index < -0.39 is 63.4 Å². The lowest BCUT2D eigenvalue weighted by atomic mass is 9.99. The van der Waals surface area contributed by atoms with Crippen LogP contribution in [0.2, 0.25) is 10.0 Å². The van der Waals surface area contributed by atoms with Crippen molar-refractivity contribution < 1.29 is 92.0 Å². The number of para-hydroxylation sites is 1. The largest absolute Gasteiger partial charge is 0.490 e. The molecule has 19 nitrogen and oxygen atoms in total. The second-order valence-electron chi connectivity index (χ2n) is 16.5. The van der Waals surface area contributed by atoms with Crippen molar-refractivity contribution in [3.05, 3.63) is 63.8 Å². The standard InChI is InChI=1S/C36H50Cl2N8O5S.3C2HF3O2/c1-24-13-14-25-11-10-12-28(31(25)42-24)51-23-26-27(37)15-16-29(30(26)38)52(49,50)44-35(2,3)32(47)43-36(4,5)33(48)46-21-19-45(20-22-46)18-9-7-6-8-17-41-34(39)40;3*3-2(4,5)1(6)7/h10-16,44H,6-9,17-23H2,1-5H3,(H,43,47)(H4,39,40,41);3*(H,6,7). The summed E-state index contributed by atoms with van der Waals surface area (Å²) in [5.74, 6) is -8.60. The number of rotatable bonds is 16. The van der Waals surface area contributed by atoms with Crippen LogP contribution < -0.4 is 26.2 Å². The van der Waals surface area contributed by atoms with Crippen molar-refractivity contribution in [1.82, 2.24) is 24.8 Å². The second kappa shape index (κ2) is 27.4. The molecule has 9 N–H and O–H groups in total. The number of alkyl halides is 9. The van der Waals surface area contributed by atoms with E-state index in [1.807, 2.05) is 31.2 Å². The van der Waals surface area contributed by atoms with E-state index >= 15 is 0 Å². The third-order valence-electron chi connectivity index (χ3n) is 9.62. The molecule has 2 amide bonds. The average Bonchev–Trinajstić information content (AvgIpc) is 3.25. The predicted molar refractivity (Wildman–Crippen MR) is 247 cm³/mol. The Hall–Kier alpha value is -5.91. The summed E-state index contributed by atoms with van der Waals surface area (Å²) in [6.45, 7) is 11.9. The number of hydrogen-bond donors (Lipinski definition) is 7. The van der Waals surface area contributed by atoms with Gasteiger partial charge in [-0.25, -0.2) is 27.8 Å². The van der Waals surface area contributed by atoms with Crippen LogP contribution in [0.15, 0.2) is 52.4 Å². The molecule has 0 saturated carbocycles. The zero-order valence-corrected chi connectivity index (χ0v) is 41.8. The van der Waals surface area contributed by atoms with Crippen LogP contribution in [0.5, 0.6) is 5.75 Å². The van der Waals surface area contributed by atoms with E-state index in [9.17, 15) is 57.5 Å². The summed E-state index contributed by atoms with van der Waals surface area (Å²) in [6.07, 6.45) is -11.2. The number of halogens is 11. The number of amides is 2. The number of carbonyl (C=O) groups is 5. The van der Waals surface area contributed by atoms with Gasteiger partial charge in [-0.05, 0) is 78.3 Å². The number of aliphatic carboxylic acids is 3. The molecule has 31 heteroatoms. The Bertz CT molecular complexity index is 2480. The predicted octanol–water partition coefficient (Wildman–Crippen LogP) is 6.26. The van der Waals surface area contributed by atoms with Crippen LogP contribution in [-0.2, 0) is 40.6 Å². The average molecular weight is 1120 g/mol. The maximum atomic E-state index is 13.7. The van der Waals surface area contributed by atoms with Gasteiger partial charge in [0.2, 0.25) is 21.8 Å². The number of nitrogens with one attached hydrogen (secondary N) is 2. The number of pyridine rings is 1. The number of aromatic nitrogens is 1. The first kappa shape index (κ1) is 65.1. The summed E-state index contributed by atoms with van der Waals surface area (Å²) < 4.78 is 131. The molecule has 4 rings (SSSR count). The molecule has 3 aromatic rings. The van der Waals surface area contributed by atoms with Crippen molar-refractivity contribution >= 4 is 79.8 Å². The molecule has 0 radical (unpaired) electrons. The van der Waals surface area contributed by atoms with Crippen molar-refractivity contribution in [3.8, 4) is 5.75 Å². The Kier molecular flexibility index (Phi) is 24.4. The van der Waals surface area contributed by atoms with E-state index in [-0.39, 0.29) is 39.0 Å². The van der Waals surface area contributed by atoms with E-state index in [4.69, 9.17) is 69.1 Å². The topological polar surface area (TPSA) is 297 Å². The number of nitrogens with two attached hydrogens (primary N) is 2. The zero-order valence-electron chi connectivity index (χ0n) is 39.4. The highest BCUT2D eigenvalue weighted by Gasteiger charge is 2.42. The molecular formula is C42H53Cl2F9N8O11S. The van der Waals surface area contributed by atoms with E-state index in [1.165, 1.54) is 26.0 Å². The first-order chi connectivity index (χ1) is 33.2. The highest BCUT2D eigenvalue weighted by molar-refractivity contribution is 7.89. The number of carboxylic acid groups (broad SMARTS) is 3. The lowest BCUT2D eigenvalue weighted by molar-refractivity contribution is -0.193. The number of sulfonamides is 1. The Morgan fingerprint density at radius 3 is 1.75 bits per heavy atom. The number of hydrogen-bond acceptors (Lipinski definition) is 11. The minimum absolute atomic E-state index is 0.117. The highest BCUT2D eigenvalue weighted by atomic mass is 35.5. The number of unbranched alkanes of at least 4 members (excludes halogenated alkanes) is 3. The number of aliphatic imine (C=N–C) groups is 1. The lowest BCUT2D eigenvalue weighted by Crippen LogP contribution is -2.64. The van der Waals surface area contributed by atoms with Crippen LogP contribution >= 0.6 is 23.2 Å². The van der Waals surface area contributed by atoms with Crippen molar-refractivity contribution in [2.24, 2.45) is 16.5 Å². The van der Waals surface area contributed by atoms with Crippen molar-refractivity contribution in [2.75, 3.05) is 39.3 Å². The lowest BCUT2D eigenvalue weighted by Gasteiger charge is -2.39. The Labute approximate surface area is 422 Å². The molecule has 410 valence electrons. The maximum absolute atomic E-state index is 13.7. The van der Waals surface area contributed by atoms with Crippen LogP contribution in [0, 0.1) is 6.92 Å².